The minimum Gasteiger partial charge on any atom is -0.381 e. The molecule has 0 bridgehead atoms. The lowest BCUT2D eigenvalue weighted by Gasteiger charge is -2.34. The molecule has 9 heteroatoms. The first-order chi connectivity index (χ1) is 13.9. The number of H-pyrrole nitrogens is 1. The molecule has 0 unspecified atom stereocenters. The standard InChI is InChI=1S/C21H32N4O3S.HI/c1-4-22-20(24-15-21(29(3,26)27)10-13-28-14-11-21)23-12-9-17-16(2)25-19-8-6-5-7-18(17)19;/h5-8,25H,4,9-15H2,1-3H3,(H2,22,23,24);1H. The predicted molar refractivity (Wildman–Crippen MR) is 134 cm³/mol. The van der Waals surface area contributed by atoms with Gasteiger partial charge in [-0.25, -0.2) is 8.42 Å². The van der Waals surface area contributed by atoms with Crippen LogP contribution >= 0.6 is 24.0 Å². The van der Waals surface area contributed by atoms with Crippen molar-refractivity contribution >= 4 is 50.7 Å². The molecule has 0 spiro atoms. The van der Waals surface area contributed by atoms with E-state index in [0.29, 0.717) is 45.1 Å². The highest BCUT2D eigenvalue weighted by Gasteiger charge is 2.42. The van der Waals surface area contributed by atoms with Gasteiger partial charge >= 0.3 is 0 Å². The maximum atomic E-state index is 12.4. The van der Waals surface area contributed by atoms with E-state index in [1.165, 1.54) is 22.9 Å². The summed E-state index contributed by atoms with van der Waals surface area (Å²) in [6.45, 7) is 6.70. The molecule has 30 heavy (non-hydrogen) atoms. The number of aromatic amines is 1. The summed E-state index contributed by atoms with van der Waals surface area (Å²) in [5.74, 6) is 0.652. The molecule has 1 fully saturated rings. The Morgan fingerprint density at radius 1 is 1.23 bits per heavy atom. The maximum Gasteiger partial charge on any atom is 0.191 e. The Morgan fingerprint density at radius 2 is 1.93 bits per heavy atom. The summed E-state index contributed by atoms with van der Waals surface area (Å²) < 4.78 is 29.4. The first kappa shape index (κ1) is 24.9. The van der Waals surface area contributed by atoms with Gasteiger partial charge in [-0.15, -0.1) is 24.0 Å². The highest BCUT2D eigenvalue weighted by atomic mass is 127. The molecule has 0 saturated carbocycles. The summed E-state index contributed by atoms with van der Waals surface area (Å²) in [7, 11) is -3.23. The molecule has 0 atom stereocenters. The molecule has 168 valence electrons. The normalized spacial score (nSPS) is 16.8. The van der Waals surface area contributed by atoms with Gasteiger partial charge in [0, 0.05) is 49.2 Å². The van der Waals surface area contributed by atoms with E-state index in [1.807, 2.05) is 13.0 Å². The topological polar surface area (TPSA) is 95.6 Å². The average molecular weight is 548 g/mol. The number of sulfone groups is 1. The Kier molecular flexibility index (Phi) is 8.98. The van der Waals surface area contributed by atoms with Crippen molar-refractivity contribution < 1.29 is 13.2 Å². The van der Waals surface area contributed by atoms with Crippen LogP contribution in [-0.2, 0) is 21.0 Å². The summed E-state index contributed by atoms with van der Waals surface area (Å²) in [4.78, 5) is 8.06. The van der Waals surface area contributed by atoms with E-state index >= 15 is 0 Å². The summed E-state index contributed by atoms with van der Waals surface area (Å²) >= 11 is 0. The van der Waals surface area contributed by atoms with Crippen molar-refractivity contribution in [1.82, 2.24) is 15.6 Å². The number of fused-ring (bicyclic) bond motifs is 1. The quantitative estimate of drug-likeness (QED) is 0.281. The third kappa shape index (κ3) is 5.67. The minimum atomic E-state index is -3.23. The fourth-order valence-corrected chi connectivity index (χ4v) is 5.12. The van der Waals surface area contributed by atoms with Crippen LogP contribution < -0.4 is 10.6 Å². The number of aliphatic imine (C=N–C) groups is 1. The first-order valence-corrected chi connectivity index (χ1v) is 12.1. The molecule has 2 heterocycles. The number of guanidine groups is 1. The second kappa shape index (κ2) is 10.8. The lowest BCUT2D eigenvalue weighted by atomic mass is 9.99. The molecule has 1 saturated heterocycles. The fourth-order valence-electron chi connectivity index (χ4n) is 3.92. The highest BCUT2D eigenvalue weighted by molar-refractivity contribution is 14.0. The van der Waals surface area contributed by atoms with Crippen LogP contribution in [0.5, 0.6) is 0 Å². The number of nitrogens with zero attached hydrogens (tertiary/aromatic N) is 1. The third-order valence-electron chi connectivity index (χ3n) is 5.75. The minimum absolute atomic E-state index is 0. The number of benzene rings is 1. The number of hydrogen-bond donors (Lipinski definition) is 3. The van der Waals surface area contributed by atoms with Gasteiger partial charge in [-0.1, -0.05) is 18.2 Å². The smallest absolute Gasteiger partial charge is 0.191 e. The Morgan fingerprint density at radius 3 is 2.60 bits per heavy atom. The van der Waals surface area contributed by atoms with Crippen molar-refractivity contribution in [3.63, 3.8) is 0 Å². The van der Waals surface area contributed by atoms with Crippen molar-refractivity contribution in [3.8, 4) is 0 Å². The van der Waals surface area contributed by atoms with Crippen molar-refractivity contribution in [1.29, 1.82) is 0 Å². The lowest BCUT2D eigenvalue weighted by molar-refractivity contribution is 0.0768. The second-order valence-electron chi connectivity index (χ2n) is 7.71. The predicted octanol–water partition coefficient (Wildman–Crippen LogP) is 2.79. The summed E-state index contributed by atoms with van der Waals surface area (Å²) in [6.07, 6.45) is 3.14. The van der Waals surface area contributed by atoms with Gasteiger partial charge in [0.15, 0.2) is 15.8 Å². The van der Waals surface area contributed by atoms with Gasteiger partial charge in [0.1, 0.15) is 0 Å². The van der Waals surface area contributed by atoms with E-state index in [-0.39, 0.29) is 30.5 Å². The van der Waals surface area contributed by atoms with E-state index < -0.39 is 14.6 Å². The van der Waals surface area contributed by atoms with Gasteiger partial charge < -0.3 is 20.4 Å². The van der Waals surface area contributed by atoms with Gasteiger partial charge in [0.05, 0.1) is 11.3 Å². The summed E-state index contributed by atoms with van der Waals surface area (Å²) in [5.41, 5.74) is 3.62. The highest BCUT2D eigenvalue weighted by Crippen LogP contribution is 2.29. The number of aryl methyl sites for hydroxylation is 1. The van der Waals surface area contributed by atoms with E-state index in [9.17, 15) is 8.42 Å². The van der Waals surface area contributed by atoms with Crippen LogP contribution in [0.25, 0.3) is 10.9 Å². The first-order valence-electron chi connectivity index (χ1n) is 10.2. The molecule has 0 radical (unpaired) electrons. The summed E-state index contributed by atoms with van der Waals surface area (Å²) in [5, 5.41) is 7.83. The molecular formula is C21H33IN4O3S. The van der Waals surface area contributed by atoms with Crippen LogP contribution in [0.4, 0.5) is 0 Å². The summed E-state index contributed by atoms with van der Waals surface area (Å²) in [6, 6.07) is 8.30. The molecule has 7 nitrogen and oxygen atoms in total. The van der Waals surface area contributed by atoms with Crippen LogP contribution in [0.3, 0.4) is 0 Å². The number of ether oxygens (including phenoxy) is 1. The third-order valence-corrected chi connectivity index (χ3v) is 7.87. The van der Waals surface area contributed by atoms with Crippen LogP contribution in [0, 0.1) is 6.92 Å². The molecule has 1 aliphatic rings. The van der Waals surface area contributed by atoms with Crippen molar-refractivity contribution in [2.75, 3.05) is 39.1 Å². The largest absolute Gasteiger partial charge is 0.381 e. The molecule has 3 N–H and O–H groups in total. The van der Waals surface area contributed by atoms with Crippen molar-refractivity contribution in [3.05, 3.63) is 35.5 Å². The van der Waals surface area contributed by atoms with E-state index in [0.717, 1.165) is 11.9 Å². The van der Waals surface area contributed by atoms with Crippen LogP contribution in [0.2, 0.25) is 0 Å². The second-order valence-corrected chi connectivity index (χ2v) is 10.1. The van der Waals surface area contributed by atoms with Gasteiger partial charge in [-0.3, -0.25) is 4.99 Å². The van der Waals surface area contributed by atoms with E-state index in [1.54, 1.807) is 0 Å². The van der Waals surface area contributed by atoms with E-state index in [2.05, 4.69) is 45.7 Å². The van der Waals surface area contributed by atoms with E-state index in [4.69, 9.17) is 4.74 Å². The fraction of sp³-hybridized carbons (Fsp3) is 0.571. The molecule has 1 aromatic heterocycles. The lowest BCUT2D eigenvalue weighted by Crippen LogP contribution is -2.47. The maximum absolute atomic E-state index is 12.4. The molecule has 2 aromatic rings. The number of para-hydroxylation sites is 1. The van der Waals surface area contributed by atoms with Gasteiger partial charge in [0.2, 0.25) is 0 Å². The average Bonchev–Trinajstić information content (AvgIpc) is 3.01. The van der Waals surface area contributed by atoms with Gasteiger partial charge in [-0.05, 0) is 44.7 Å². The number of aromatic nitrogens is 1. The van der Waals surface area contributed by atoms with Crippen LogP contribution in [-0.4, -0.2) is 63.2 Å². The van der Waals surface area contributed by atoms with Crippen LogP contribution in [0.1, 0.15) is 31.0 Å². The Labute approximate surface area is 196 Å². The van der Waals surface area contributed by atoms with Crippen LogP contribution in [0.15, 0.2) is 29.3 Å². The Hall–Kier alpha value is -1.33. The number of nitrogens with one attached hydrogen (secondary N) is 3. The number of halogens is 1. The molecule has 0 aliphatic carbocycles. The van der Waals surface area contributed by atoms with Gasteiger partial charge in [-0.2, -0.15) is 0 Å². The Balaban J connectivity index is 0.00000320. The molecule has 1 aromatic carbocycles. The van der Waals surface area contributed by atoms with Crippen molar-refractivity contribution in [2.24, 2.45) is 4.99 Å². The molecular weight excluding hydrogens is 515 g/mol. The monoisotopic (exact) mass is 548 g/mol. The SMILES string of the molecule is CCNC(=NCC1(S(C)(=O)=O)CCOCC1)NCCc1c(C)[nH]c2ccccc12.I. The van der Waals surface area contributed by atoms with Gasteiger partial charge in [0.25, 0.3) is 0 Å². The zero-order valence-corrected chi connectivity index (χ0v) is 21.1. The molecule has 3 rings (SSSR count). The zero-order valence-electron chi connectivity index (χ0n) is 18.0. The molecule has 1 aliphatic heterocycles. The van der Waals surface area contributed by atoms with Crippen molar-refractivity contribution in [2.45, 2.75) is 37.9 Å². The number of hydrogen-bond acceptors (Lipinski definition) is 4. The Bertz CT molecular complexity index is 966. The zero-order chi connectivity index (χ0) is 20.9. The number of rotatable bonds is 7. The molecule has 0 amide bonds.